The van der Waals surface area contributed by atoms with E-state index in [1.165, 1.54) is 9.80 Å². The fourth-order valence-corrected chi connectivity index (χ4v) is 5.07. The van der Waals surface area contributed by atoms with Crippen LogP contribution in [0.4, 0.5) is 5.69 Å². The van der Waals surface area contributed by atoms with Crippen LogP contribution in [0, 0.1) is 0 Å². The van der Waals surface area contributed by atoms with Gasteiger partial charge in [-0.1, -0.05) is 48.0 Å². The maximum absolute atomic E-state index is 13.7. The van der Waals surface area contributed by atoms with Crippen molar-refractivity contribution in [3.8, 4) is 0 Å². The van der Waals surface area contributed by atoms with E-state index in [-0.39, 0.29) is 43.7 Å². The summed E-state index contributed by atoms with van der Waals surface area (Å²) >= 11 is 6.49. The minimum atomic E-state index is -1.39. The molecule has 0 saturated carbocycles. The van der Waals surface area contributed by atoms with Gasteiger partial charge >= 0.3 is 0 Å². The van der Waals surface area contributed by atoms with Crippen LogP contribution in [-0.4, -0.2) is 85.1 Å². The number of benzene rings is 2. The molecule has 2 aromatic rings. The number of halogens is 1. The number of carbonyl (C=O) groups is 4. The average molecular weight is 497 g/mol. The highest BCUT2D eigenvalue weighted by Gasteiger charge is 2.55. The number of hydrogen-bond acceptors (Lipinski definition) is 5. The van der Waals surface area contributed by atoms with Crippen molar-refractivity contribution in [1.29, 1.82) is 0 Å². The second-order valence-electron chi connectivity index (χ2n) is 9.27. The topological polar surface area (TPSA) is 81.2 Å². The van der Waals surface area contributed by atoms with E-state index in [1.807, 2.05) is 49.3 Å². The lowest BCUT2D eigenvalue weighted by Crippen LogP contribution is -2.54. The second kappa shape index (κ2) is 10.2. The first-order valence-corrected chi connectivity index (χ1v) is 12.0. The summed E-state index contributed by atoms with van der Waals surface area (Å²) < 4.78 is 0. The molecule has 1 atom stereocenters. The Kier molecular flexibility index (Phi) is 7.23. The molecule has 0 aromatic heterocycles. The van der Waals surface area contributed by atoms with E-state index in [4.69, 9.17) is 11.6 Å². The van der Waals surface area contributed by atoms with Gasteiger partial charge in [0.2, 0.25) is 23.6 Å². The van der Waals surface area contributed by atoms with Gasteiger partial charge in [0.1, 0.15) is 6.54 Å². The Bertz CT molecular complexity index is 1140. The lowest BCUT2D eigenvalue weighted by Gasteiger charge is -2.36. The van der Waals surface area contributed by atoms with Crippen LogP contribution in [0.3, 0.4) is 0 Å². The van der Waals surface area contributed by atoms with Crippen molar-refractivity contribution in [1.82, 2.24) is 14.7 Å². The van der Waals surface area contributed by atoms with Crippen LogP contribution < -0.4 is 4.90 Å². The maximum Gasteiger partial charge on any atom is 0.246 e. The van der Waals surface area contributed by atoms with Gasteiger partial charge in [-0.2, -0.15) is 0 Å². The van der Waals surface area contributed by atoms with E-state index in [2.05, 4.69) is 0 Å². The lowest BCUT2D eigenvalue weighted by atomic mass is 9.75. The molecule has 2 saturated heterocycles. The minimum Gasteiger partial charge on any atom is -0.332 e. The summed E-state index contributed by atoms with van der Waals surface area (Å²) in [4.78, 5) is 59.2. The molecule has 2 aliphatic rings. The molecular weight excluding hydrogens is 468 g/mol. The summed E-state index contributed by atoms with van der Waals surface area (Å²) in [5, 5.41) is 0.334. The Hall–Kier alpha value is -3.23. The number of likely N-dealkylation sites (tertiary alicyclic amines) is 1. The number of amides is 4. The number of imide groups is 1. The van der Waals surface area contributed by atoms with Crippen molar-refractivity contribution in [2.75, 3.05) is 51.7 Å². The van der Waals surface area contributed by atoms with Crippen molar-refractivity contribution >= 4 is 40.9 Å². The summed E-state index contributed by atoms with van der Waals surface area (Å²) in [6.45, 7) is 1.36. The molecule has 2 fully saturated rings. The van der Waals surface area contributed by atoms with Crippen molar-refractivity contribution < 1.29 is 19.2 Å². The van der Waals surface area contributed by atoms with Gasteiger partial charge in [0.05, 0.1) is 5.41 Å². The van der Waals surface area contributed by atoms with Crippen molar-refractivity contribution in [3.63, 3.8) is 0 Å². The van der Waals surface area contributed by atoms with E-state index in [0.29, 0.717) is 30.2 Å². The SMILES string of the molecule is CN(C)CCN1C(=O)C[C@](CC(=O)N2CCN(c3ccccc3)C(=O)C2)(c2ccccc2Cl)C1=O. The van der Waals surface area contributed by atoms with E-state index in [9.17, 15) is 19.2 Å². The molecule has 184 valence electrons. The third kappa shape index (κ3) is 4.94. The average Bonchev–Trinajstić information content (AvgIpc) is 3.07. The molecule has 0 bridgehead atoms. The molecule has 0 aliphatic carbocycles. The molecule has 35 heavy (non-hydrogen) atoms. The molecule has 2 aliphatic heterocycles. The molecule has 2 aromatic carbocycles. The largest absolute Gasteiger partial charge is 0.332 e. The fraction of sp³-hybridized carbons (Fsp3) is 0.385. The molecular formula is C26H29ClN4O4. The lowest BCUT2D eigenvalue weighted by molar-refractivity contribution is -0.143. The number of likely N-dealkylation sites (N-methyl/N-ethyl adjacent to an activating group) is 1. The van der Waals surface area contributed by atoms with Crippen LogP contribution in [-0.2, 0) is 24.6 Å². The first-order valence-electron chi connectivity index (χ1n) is 11.6. The Morgan fingerprint density at radius 1 is 0.971 bits per heavy atom. The number of carbonyl (C=O) groups excluding carboxylic acids is 4. The zero-order valence-electron chi connectivity index (χ0n) is 19.9. The first-order chi connectivity index (χ1) is 16.7. The molecule has 0 N–H and O–H groups in total. The highest BCUT2D eigenvalue weighted by atomic mass is 35.5. The monoisotopic (exact) mass is 496 g/mol. The van der Waals surface area contributed by atoms with Gasteiger partial charge < -0.3 is 14.7 Å². The van der Waals surface area contributed by atoms with Crippen LogP contribution in [0.5, 0.6) is 0 Å². The van der Waals surface area contributed by atoms with Gasteiger partial charge in [-0.3, -0.25) is 24.1 Å². The first kappa shape index (κ1) is 24.9. The minimum absolute atomic E-state index is 0.0845. The second-order valence-corrected chi connectivity index (χ2v) is 9.67. The highest BCUT2D eigenvalue weighted by molar-refractivity contribution is 6.32. The number of rotatable bonds is 7. The van der Waals surface area contributed by atoms with Crippen LogP contribution in [0.1, 0.15) is 18.4 Å². The van der Waals surface area contributed by atoms with Crippen molar-refractivity contribution in [2.45, 2.75) is 18.3 Å². The standard InChI is InChI=1S/C26H29ClN4O4/c1-28(2)12-14-31-23(33)17-26(25(31)35,20-10-6-7-11-21(20)27)16-22(32)29-13-15-30(24(34)18-29)19-8-4-3-5-9-19/h3-11H,12-18H2,1-2H3/t26-/m1/s1. The summed E-state index contributed by atoms with van der Waals surface area (Å²) in [7, 11) is 3.73. The Labute approximate surface area is 210 Å². The van der Waals surface area contributed by atoms with E-state index >= 15 is 0 Å². The number of nitrogens with zero attached hydrogens (tertiary/aromatic N) is 4. The molecule has 9 heteroatoms. The Balaban J connectivity index is 1.58. The number of hydrogen-bond donors (Lipinski definition) is 0. The summed E-state index contributed by atoms with van der Waals surface area (Å²) in [5.41, 5.74) is -0.140. The number of anilines is 1. The van der Waals surface area contributed by atoms with E-state index in [0.717, 1.165) is 5.69 Å². The predicted octanol–water partition coefficient (Wildman–Crippen LogP) is 2.16. The third-order valence-electron chi connectivity index (χ3n) is 6.66. The molecule has 2 heterocycles. The van der Waals surface area contributed by atoms with E-state index < -0.39 is 11.3 Å². The van der Waals surface area contributed by atoms with Crippen LogP contribution in [0.25, 0.3) is 0 Å². The van der Waals surface area contributed by atoms with Gasteiger partial charge in [-0.25, -0.2) is 0 Å². The molecule has 0 spiro atoms. The number of piperazine rings is 1. The van der Waals surface area contributed by atoms with Crippen LogP contribution in [0.2, 0.25) is 5.02 Å². The normalized spacial score (nSPS) is 20.8. The summed E-state index contributed by atoms with van der Waals surface area (Å²) in [6.07, 6.45) is -0.356. The van der Waals surface area contributed by atoms with Gasteiger partial charge in [0, 0.05) is 49.7 Å². The highest BCUT2D eigenvalue weighted by Crippen LogP contribution is 2.43. The van der Waals surface area contributed by atoms with Gasteiger partial charge in [-0.15, -0.1) is 0 Å². The zero-order valence-corrected chi connectivity index (χ0v) is 20.7. The van der Waals surface area contributed by atoms with Crippen LogP contribution in [0.15, 0.2) is 54.6 Å². The third-order valence-corrected chi connectivity index (χ3v) is 6.99. The quantitative estimate of drug-likeness (QED) is 0.549. The summed E-state index contributed by atoms with van der Waals surface area (Å²) in [6, 6.07) is 16.2. The van der Waals surface area contributed by atoms with Crippen molar-refractivity contribution in [2.24, 2.45) is 0 Å². The predicted molar refractivity (Wildman–Crippen MR) is 133 cm³/mol. The Morgan fingerprint density at radius 3 is 2.31 bits per heavy atom. The molecule has 0 radical (unpaired) electrons. The van der Waals surface area contributed by atoms with Gasteiger partial charge in [0.15, 0.2) is 0 Å². The van der Waals surface area contributed by atoms with Crippen LogP contribution >= 0.6 is 11.6 Å². The fourth-order valence-electron chi connectivity index (χ4n) is 4.76. The maximum atomic E-state index is 13.7. The molecule has 0 unspecified atom stereocenters. The number of para-hydroxylation sites is 1. The van der Waals surface area contributed by atoms with E-state index in [1.54, 1.807) is 29.2 Å². The van der Waals surface area contributed by atoms with Crippen molar-refractivity contribution in [3.05, 3.63) is 65.2 Å². The smallest absolute Gasteiger partial charge is 0.246 e. The Morgan fingerprint density at radius 2 is 1.66 bits per heavy atom. The summed E-state index contributed by atoms with van der Waals surface area (Å²) in [5.74, 6) is -1.28. The van der Waals surface area contributed by atoms with Gasteiger partial charge in [0.25, 0.3) is 0 Å². The molecule has 8 nitrogen and oxygen atoms in total. The molecule has 4 rings (SSSR count). The molecule has 4 amide bonds. The van der Waals surface area contributed by atoms with Gasteiger partial charge in [-0.05, 0) is 37.9 Å². The zero-order chi connectivity index (χ0) is 25.2.